The molecule has 2 aliphatic carbocycles. The maximum atomic E-state index is 12.0. The lowest BCUT2D eigenvalue weighted by atomic mass is 9.96. The molecule has 0 aromatic rings. The fraction of sp³-hybridized carbons (Fsp3) is 0.250. The highest BCUT2D eigenvalue weighted by Crippen LogP contribution is 2.31. The summed E-state index contributed by atoms with van der Waals surface area (Å²) in [7, 11) is 0. The van der Waals surface area contributed by atoms with Crippen molar-refractivity contribution >= 4 is 11.7 Å². The van der Waals surface area contributed by atoms with Gasteiger partial charge in [-0.05, 0) is 18.1 Å². The van der Waals surface area contributed by atoms with Gasteiger partial charge in [0.1, 0.15) is 18.2 Å². The largest absolute Gasteiger partial charge is 0.465 e. The summed E-state index contributed by atoms with van der Waals surface area (Å²) in [5.41, 5.74) is 3.77. The SMILES string of the molecule is CCOC(=O)C1CON=C1c1ccc2cccccc1-2. The van der Waals surface area contributed by atoms with Crippen LogP contribution in [0.4, 0.5) is 0 Å². The highest BCUT2D eigenvalue weighted by Gasteiger charge is 2.34. The van der Waals surface area contributed by atoms with E-state index in [0.717, 1.165) is 16.7 Å². The predicted molar refractivity (Wildman–Crippen MR) is 75.7 cm³/mol. The van der Waals surface area contributed by atoms with Crippen LogP contribution in [-0.2, 0) is 14.4 Å². The van der Waals surface area contributed by atoms with Crippen LogP contribution in [0.2, 0.25) is 0 Å². The molecule has 0 fully saturated rings. The summed E-state index contributed by atoms with van der Waals surface area (Å²) in [6.07, 6.45) is 0. The average molecular weight is 269 g/mol. The van der Waals surface area contributed by atoms with Crippen molar-refractivity contribution in [2.24, 2.45) is 11.1 Å². The van der Waals surface area contributed by atoms with Gasteiger partial charge in [0.15, 0.2) is 0 Å². The Bertz CT molecular complexity index is 635. The van der Waals surface area contributed by atoms with Crippen LogP contribution < -0.4 is 0 Å². The van der Waals surface area contributed by atoms with Crippen LogP contribution in [0.15, 0.2) is 47.6 Å². The van der Waals surface area contributed by atoms with E-state index in [1.54, 1.807) is 6.92 Å². The molecule has 102 valence electrons. The third kappa shape index (κ3) is 2.13. The number of nitrogens with zero attached hydrogens (tertiary/aromatic N) is 1. The molecule has 0 aromatic carbocycles. The van der Waals surface area contributed by atoms with E-state index in [9.17, 15) is 4.79 Å². The summed E-state index contributed by atoms with van der Waals surface area (Å²) in [4.78, 5) is 17.1. The number of hydrogen-bond donors (Lipinski definition) is 0. The van der Waals surface area contributed by atoms with Gasteiger partial charge >= 0.3 is 5.97 Å². The Balaban J connectivity index is 1.98. The van der Waals surface area contributed by atoms with Crippen LogP contribution >= 0.6 is 0 Å². The zero-order valence-corrected chi connectivity index (χ0v) is 11.2. The Morgan fingerprint density at radius 1 is 1.25 bits per heavy atom. The first-order chi connectivity index (χ1) is 9.81. The quantitative estimate of drug-likeness (QED) is 0.805. The second-order valence-electron chi connectivity index (χ2n) is 4.60. The van der Waals surface area contributed by atoms with E-state index >= 15 is 0 Å². The highest BCUT2D eigenvalue weighted by atomic mass is 16.6. The molecule has 1 unspecified atom stereocenters. The normalized spacial score (nSPS) is 17.6. The molecule has 3 rings (SSSR count). The zero-order valence-electron chi connectivity index (χ0n) is 11.2. The Labute approximate surface area is 117 Å². The molecule has 1 atom stereocenters. The molecule has 0 radical (unpaired) electrons. The number of ether oxygens (including phenoxy) is 1. The van der Waals surface area contributed by atoms with Crippen LogP contribution in [0.1, 0.15) is 12.5 Å². The van der Waals surface area contributed by atoms with Gasteiger partial charge < -0.3 is 9.57 Å². The molecule has 0 saturated heterocycles. The lowest BCUT2D eigenvalue weighted by molar-refractivity contribution is -0.146. The first kappa shape index (κ1) is 12.7. The topological polar surface area (TPSA) is 47.9 Å². The molecule has 0 N–H and O–H groups in total. The van der Waals surface area contributed by atoms with Gasteiger partial charge in [0.05, 0.1) is 6.61 Å². The van der Waals surface area contributed by atoms with Gasteiger partial charge in [-0.25, -0.2) is 0 Å². The third-order valence-corrected chi connectivity index (χ3v) is 3.37. The molecule has 1 heterocycles. The summed E-state index contributed by atoms with van der Waals surface area (Å²) >= 11 is 0. The van der Waals surface area contributed by atoms with Crippen molar-refractivity contribution < 1.29 is 14.4 Å². The molecular weight excluding hydrogens is 254 g/mol. The van der Waals surface area contributed by atoms with E-state index in [1.807, 2.05) is 42.5 Å². The molecule has 0 bridgehead atoms. The summed E-state index contributed by atoms with van der Waals surface area (Å²) in [6.45, 7) is 2.40. The summed E-state index contributed by atoms with van der Waals surface area (Å²) < 4.78 is 5.08. The van der Waals surface area contributed by atoms with Crippen molar-refractivity contribution in [2.75, 3.05) is 13.2 Å². The maximum Gasteiger partial charge on any atom is 0.318 e. The molecule has 20 heavy (non-hydrogen) atoms. The first-order valence-electron chi connectivity index (χ1n) is 6.66. The number of esters is 1. The molecule has 0 spiro atoms. The van der Waals surface area contributed by atoms with Gasteiger partial charge in [-0.2, -0.15) is 0 Å². The summed E-state index contributed by atoms with van der Waals surface area (Å²) in [6, 6.07) is 14.0. The number of fused-ring (bicyclic) bond motifs is 1. The third-order valence-electron chi connectivity index (χ3n) is 3.37. The second kappa shape index (κ2) is 5.33. The van der Waals surface area contributed by atoms with Crippen molar-refractivity contribution in [3.63, 3.8) is 0 Å². The summed E-state index contributed by atoms with van der Waals surface area (Å²) in [5, 5.41) is 4.05. The van der Waals surface area contributed by atoms with Crippen molar-refractivity contribution in [2.45, 2.75) is 6.92 Å². The average Bonchev–Trinajstić information content (AvgIpc) is 3.00. The van der Waals surface area contributed by atoms with E-state index in [-0.39, 0.29) is 12.6 Å². The molecule has 0 saturated carbocycles. The maximum absolute atomic E-state index is 12.0. The minimum atomic E-state index is -0.439. The van der Waals surface area contributed by atoms with Gasteiger partial charge in [-0.1, -0.05) is 47.6 Å². The van der Waals surface area contributed by atoms with Crippen molar-refractivity contribution in [3.8, 4) is 11.1 Å². The lowest BCUT2D eigenvalue weighted by Gasteiger charge is -2.09. The second-order valence-corrected chi connectivity index (χ2v) is 4.60. The predicted octanol–water partition coefficient (Wildman–Crippen LogP) is 2.71. The van der Waals surface area contributed by atoms with Gasteiger partial charge in [-0.3, -0.25) is 4.79 Å². The molecule has 0 amide bonds. The molecule has 1 aliphatic heterocycles. The molecule has 4 nitrogen and oxygen atoms in total. The van der Waals surface area contributed by atoms with Crippen LogP contribution in [0.5, 0.6) is 0 Å². The fourth-order valence-corrected chi connectivity index (χ4v) is 2.42. The van der Waals surface area contributed by atoms with Crippen molar-refractivity contribution in [1.82, 2.24) is 0 Å². The van der Waals surface area contributed by atoms with Gasteiger partial charge in [0, 0.05) is 5.56 Å². The van der Waals surface area contributed by atoms with Gasteiger partial charge in [-0.15, -0.1) is 0 Å². The number of rotatable bonds is 3. The van der Waals surface area contributed by atoms with Crippen LogP contribution in [-0.4, -0.2) is 24.9 Å². The first-order valence-corrected chi connectivity index (χ1v) is 6.66. The molecule has 0 aromatic heterocycles. The van der Waals surface area contributed by atoms with Crippen molar-refractivity contribution in [3.05, 3.63) is 48.0 Å². The van der Waals surface area contributed by atoms with Gasteiger partial charge in [0.2, 0.25) is 0 Å². The van der Waals surface area contributed by atoms with Crippen LogP contribution in [0.25, 0.3) is 11.1 Å². The Morgan fingerprint density at radius 2 is 2.10 bits per heavy atom. The van der Waals surface area contributed by atoms with E-state index in [1.165, 1.54) is 0 Å². The Morgan fingerprint density at radius 3 is 2.95 bits per heavy atom. The Hall–Kier alpha value is -2.36. The summed E-state index contributed by atoms with van der Waals surface area (Å²) in [5.74, 6) is -0.718. The highest BCUT2D eigenvalue weighted by molar-refractivity contribution is 6.16. The Kier molecular flexibility index (Phi) is 3.37. The smallest absolute Gasteiger partial charge is 0.318 e. The zero-order chi connectivity index (χ0) is 13.9. The van der Waals surface area contributed by atoms with E-state index in [4.69, 9.17) is 9.57 Å². The van der Waals surface area contributed by atoms with E-state index in [0.29, 0.717) is 12.3 Å². The monoisotopic (exact) mass is 269 g/mol. The number of oxime groups is 1. The lowest BCUT2D eigenvalue weighted by Crippen LogP contribution is -2.26. The number of hydrogen-bond acceptors (Lipinski definition) is 4. The number of carbonyl (C=O) groups is 1. The van der Waals surface area contributed by atoms with Crippen molar-refractivity contribution in [1.29, 1.82) is 0 Å². The minimum Gasteiger partial charge on any atom is -0.465 e. The number of carbonyl (C=O) groups excluding carboxylic acids is 1. The minimum absolute atomic E-state index is 0.250. The standard InChI is InChI=1S/C16H15NO3/c1-2-19-16(18)14-10-20-17-15(14)13-9-8-11-6-4-3-5-7-12(11)13/h3-9,14H,2,10H2,1H3. The van der Waals surface area contributed by atoms with Gasteiger partial charge in [0.25, 0.3) is 0 Å². The van der Waals surface area contributed by atoms with E-state index < -0.39 is 5.92 Å². The fourth-order valence-electron chi connectivity index (χ4n) is 2.42. The van der Waals surface area contributed by atoms with Crippen LogP contribution in [0, 0.1) is 5.92 Å². The molecule has 3 aliphatic rings. The molecular formula is C16H15NO3. The molecule has 4 heteroatoms. The van der Waals surface area contributed by atoms with E-state index in [2.05, 4.69) is 5.16 Å². The van der Waals surface area contributed by atoms with Crippen LogP contribution in [0.3, 0.4) is 0 Å².